The largest absolute Gasteiger partial charge is 0.367 e. The predicted octanol–water partition coefficient (Wildman–Crippen LogP) is 4.43. The lowest BCUT2D eigenvalue weighted by Crippen LogP contribution is -2.29. The van der Waals surface area contributed by atoms with Crippen LogP contribution < -0.4 is 16.0 Å². The average Bonchev–Trinajstić information content (AvgIpc) is 3.21. The molecule has 0 radical (unpaired) electrons. The van der Waals surface area contributed by atoms with Crippen LogP contribution in [0, 0.1) is 0 Å². The molecule has 1 heterocycles. The fourth-order valence-corrected chi connectivity index (χ4v) is 4.00. The molecule has 3 N–H and O–H groups in total. The highest BCUT2D eigenvalue weighted by molar-refractivity contribution is 7.13. The zero-order chi connectivity index (χ0) is 20.6. The second-order valence-corrected chi connectivity index (χ2v) is 7.80. The summed E-state index contributed by atoms with van der Waals surface area (Å²) in [5.41, 5.74) is 3.01. The van der Waals surface area contributed by atoms with Crippen LogP contribution in [0.3, 0.4) is 0 Å². The molecule has 0 unspecified atom stereocenters. The summed E-state index contributed by atoms with van der Waals surface area (Å²) >= 11 is 1.48. The number of nitrogens with zero attached hydrogens (tertiary/aromatic N) is 1. The van der Waals surface area contributed by atoms with Crippen molar-refractivity contribution < 1.29 is 4.79 Å². The van der Waals surface area contributed by atoms with Crippen molar-refractivity contribution in [2.24, 2.45) is 0 Å². The number of hydrogen-bond donors (Lipinski definition) is 3. The molecule has 6 heteroatoms. The van der Waals surface area contributed by atoms with Crippen LogP contribution >= 0.6 is 11.5 Å². The van der Waals surface area contributed by atoms with E-state index in [4.69, 9.17) is 0 Å². The Hall–Kier alpha value is -3.22. The monoisotopic (exact) mass is 416 g/mol. The molecule has 0 aliphatic heterocycles. The molecule has 0 spiro atoms. The number of rotatable bonds is 9. The van der Waals surface area contributed by atoms with E-state index in [0.29, 0.717) is 25.2 Å². The molecule has 0 aliphatic rings. The van der Waals surface area contributed by atoms with E-state index in [1.54, 1.807) is 0 Å². The van der Waals surface area contributed by atoms with E-state index >= 15 is 0 Å². The molecular formula is C24H24N4OS. The third kappa shape index (κ3) is 5.23. The highest BCUT2D eigenvalue weighted by Gasteiger charge is 2.07. The lowest BCUT2D eigenvalue weighted by molar-refractivity contribution is 0.0955. The van der Waals surface area contributed by atoms with Gasteiger partial charge in [-0.2, -0.15) is 4.37 Å². The Kier molecular flexibility index (Phi) is 6.69. The van der Waals surface area contributed by atoms with Gasteiger partial charge in [-0.15, -0.1) is 0 Å². The van der Waals surface area contributed by atoms with Crippen molar-refractivity contribution in [3.63, 3.8) is 0 Å². The van der Waals surface area contributed by atoms with Crippen LogP contribution in [0.4, 0.5) is 5.82 Å². The molecule has 0 aliphatic carbocycles. The molecule has 30 heavy (non-hydrogen) atoms. The van der Waals surface area contributed by atoms with Gasteiger partial charge in [0.25, 0.3) is 5.91 Å². The number of amides is 1. The Morgan fingerprint density at radius 3 is 2.50 bits per heavy atom. The molecule has 4 rings (SSSR count). The molecular weight excluding hydrogens is 392 g/mol. The molecule has 0 saturated heterocycles. The molecule has 1 aromatic heterocycles. The van der Waals surface area contributed by atoms with Crippen LogP contribution in [0.1, 0.15) is 21.5 Å². The predicted molar refractivity (Wildman–Crippen MR) is 124 cm³/mol. The first kappa shape index (κ1) is 20.1. The van der Waals surface area contributed by atoms with Gasteiger partial charge < -0.3 is 16.0 Å². The van der Waals surface area contributed by atoms with Crippen LogP contribution in [-0.4, -0.2) is 23.4 Å². The van der Waals surface area contributed by atoms with Crippen LogP contribution in [0.25, 0.3) is 10.1 Å². The molecule has 0 bridgehead atoms. The Morgan fingerprint density at radius 1 is 0.833 bits per heavy atom. The zero-order valence-corrected chi connectivity index (χ0v) is 17.4. The smallest absolute Gasteiger partial charge is 0.251 e. The van der Waals surface area contributed by atoms with Gasteiger partial charge in [-0.3, -0.25) is 4.79 Å². The zero-order valence-electron chi connectivity index (χ0n) is 16.6. The fourth-order valence-electron chi connectivity index (χ4n) is 3.24. The third-order valence-corrected chi connectivity index (χ3v) is 5.60. The molecule has 1 amide bonds. The van der Waals surface area contributed by atoms with Crippen molar-refractivity contribution in [1.29, 1.82) is 0 Å². The van der Waals surface area contributed by atoms with Crippen molar-refractivity contribution in [1.82, 2.24) is 15.0 Å². The molecule has 0 atom stereocenters. The second kappa shape index (κ2) is 10.0. The lowest BCUT2D eigenvalue weighted by Gasteiger charge is -2.09. The van der Waals surface area contributed by atoms with Crippen molar-refractivity contribution in [3.8, 4) is 0 Å². The van der Waals surface area contributed by atoms with E-state index in [1.165, 1.54) is 17.1 Å². The summed E-state index contributed by atoms with van der Waals surface area (Å²) in [6.45, 7) is 2.67. The van der Waals surface area contributed by atoms with Gasteiger partial charge in [0.15, 0.2) is 0 Å². The number of nitrogens with one attached hydrogen (secondary N) is 3. The number of carbonyl (C=O) groups excluding carboxylic acids is 1. The summed E-state index contributed by atoms with van der Waals surface area (Å²) in [5.74, 6) is 0.807. The third-order valence-electron chi connectivity index (χ3n) is 4.77. The Labute approximate surface area is 180 Å². The Balaban J connectivity index is 1.24. The number of benzene rings is 3. The summed E-state index contributed by atoms with van der Waals surface area (Å²) in [7, 11) is 0. The molecule has 4 aromatic rings. The molecule has 152 valence electrons. The number of fused-ring (bicyclic) bond motifs is 1. The van der Waals surface area contributed by atoms with Crippen molar-refractivity contribution in [3.05, 3.63) is 95.6 Å². The maximum atomic E-state index is 12.5. The van der Waals surface area contributed by atoms with Crippen LogP contribution in [-0.2, 0) is 13.1 Å². The van der Waals surface area contributed by atoms with Crippen LogP contribution in [0.15, 0.2) is 78.9 Å². The quantitative estimate of drug-likeness (QED) is 0.353. The van der Waals surface area contributed by atoms with Gasteiger partial charge in [-0.05, 0) is 46.9 Å². The topological polar surface area (TPSA) is 66.0 Å². The molecule has 0 saturated carbocycles. The van der Waals surface area contributed by atoms with Gasteiger partial charge in [0.05, 0.1) is 4.70 Å². The Morgan fingerprint density at radius 2 is 1.60 bits per heavy atom. The first-order valence-electron chi connectivity index (χ1n) is 10.00. The van der Waals surface area contributed by atoms with Gasteiger partial charge in [-0.25, -0.2) is 0 Å². The van der Waals surface area contributed by atoms with Gasteiger partial charge in [0, 0.05) is 37.1 Å². The summed E-state index contributed by atoms with van der Waals surface area (Å²) < 4.78 is 5.60. The average molecular weight is 417 g/mol. The van der Waals surface area contributed by atoms with Gasteiger partial charge in [0.2, 0.25) is 0 Å². The van der Waals surface area contributed by atoms with Crippen molar-refractivity contribution in [2.45, 2.75) is 13.1 Å². The maximum absolute atomic E-state index is 12.5. The summed E-state index contributed by atoms with van der Waals surface area (Å²) in [6, 6.07) is 26.1. The van der Waals surface area contributed by atoms with E-state index < -0.39 is 0 Å². The minimum atomic E-state index is -0.0650. The first-order chi connectivity index (χ1) is 14.8. The summed E-state index contributed by atoms with van der Waals surface area (Å²) in [5, 5.41) is 10.8. The Bertz CT molecular complexity index is 1110. The highest BCUT2D eigenvalue weighted by atomic mass is 32.1. The summed E-state index contributed by atoms with van der Waals surface area (Å²) in [6.07, 6.45) is 0. The second-order valence-electron chi connectivity index (χ2n) is 7.00. The molecule has 3 aromatic carbocycles. The van der Waals surface area contributed by atoms with E-state index in [2.05, 4.69) is 44.6 Å². The minimum absolute atomic E-state index is 0.0650. The molecule has 0 fully saturated rings. The standard InChI is InChI=1S/C24H24N4OS/c29-24(27-14-13-26-23-21-11-4-5-12-22(21)30-28-23)20-10-6-9-19(15-20)17-25-16-18-7-2-1-3-8-18/h1-12,15,25H,13-14,16-17H2,(H,26,28)(H,27,29). The van der Waals surface area contributed by atoms with Gasteiger partial charge in [0.1, 0.15) is 5.82 Å². The number of aromatic nitrogens is 1. The SMILES string of the molecule is O=C(NCCNc1nsc2ccccc12)c1cccc(CNCc2ccccc2)c1. The van der Waals surface area contributed by atoms with Crippen LogP contribution in [0.5, 0.6) is 0 Å². The van der Waals surface area contributed by atoms with Gasteiger partial charge in [-0.1, -0.05) is 54.6 Å². The lowest BCUT2D eigenvalue weighted by atomic mass is 10.1. The van der Waals surface area contributed by atoms with Crippen molar-refractivity contribution in [2.75, 3.05) is 18.4 Å². The maximum Gasteiger partial charge on any atom is 0.251 e. The number of anilines is 1. The number of carbonyl (C=O) groups is 1. The normalized spacial score (nSPS) is 10.8. The van der Waals surface area contributed by atoms with E-state index in [9.17, 15) is 4.79 Å². The van der Waals surface area contributed by atoms with E-state index in [-0.39, 0.29) is 5.91 Å². The number of hydrogen-bond acceptors (Lipinski definition) is 5. The van der Waals surface area contributed by atoms with E-state index in [1.807, 2.05) is 54.6 Å². The first-order valence-corrected chi connectivity index (χ1v) is 10.8. The van der Waals surface area contributed by atoms with Crippen molar-refractivity contribution >= 4 is 33.3 Å². The summed E-state index contributed by atoms with van der Waals surface area (Å²) in [4.78, 5) is 12.5. The molecule has 5 nitrogen and oxygen atoms in total. The van der Waals surface area contributed by atoms with Gasteiger partial charge >= 0.3 is 0 Å². The minimum Gasteiger partial charge on any atom is -0.367 e. The van der Waals surface area contributed by atoms with E-state index in [0.717, 1.165) is 28.0 Å². The fraction of sp³-hybridized carbons (Fsp3) is 0.167. The van der Waals surface area contributed by atoms with Crippen LogP contribution in [0.2, 0.25) is 0 Å². The highest BCUT2D eigenvalue weighted by Crippen LogP contribution is 2.25.